The van der Waals surface area contributed by atoms with Crippen molar-refractivity contribution < 1.29 is 4.74 Å². The van der Waals surface area contributed by atoms with Gasteiger partial charge in [-0.2, -0.15) is 0 Å². The first kappa shape index (κ1) is 14.2. The third-order valence-corrected chi connectivity index (χ3v) is 3.29. The fourth-order valence-corrected chi connectivity index (χ4v) is 2.15. The summed E-state index contributed by atoms with van der Waals surface area (Å²) in [4.78, 5) is 0. The molecule has 0 fully saturated rings. The Hall–Kier alpha value is -1.22. The summed E-state index contributed by atoms with van der Waals surface area (Å²) in [6.07, 6.45) is 0.759. The van der Waals surface area contributed by atoms with Crippen LogP contribution in [0.3, 0.4) is 0 Å². The molecule has 2 aromatic carbocycles. The number of halogens is 2. The Morgan fingerprint density at radius 2 is 1.84 bits per heavy atom. The second-order valence-electron chi connectivity index (χ2n) is 4.33. The minimum atomic E-state index is 0.531. The molecule has 0 aliphatic rings. The van der Waals surface area contributed by atoms with Crippen LogP contribution in [0.2, 0.25) is 10.0 Å². The Bertz CT molecular complexity index is 584. The van der Waals surface area contributed by atoms with Crippen molar-refractivity contribution in [2.45, 2.75) is 13.3 Å². The lowest BCUT2D eigenvalue weighted by molar-refractivity contribution is 0.476. The van der Waals surface area contributed by atoms with E-state index in [2.05, 4.69) is 6.07 Å². The summed E-state index contributed by atoms with van der Waals surface area (Å²) < 4.78 is 5.86. The highest BCUT2D eigenvalue weighted by atomic mass is 35.5. The smallest absolute Gasteiger partial charge is 0.147 e. The average Bonchev–Trinajstić information content (AvgIpc) is 2.37. The van der Waals surface area contributed by atoms with E-state index in [-0.39, 0.29) is 0 Å². The third-order valence-electron chi connectivity index (χ3n) is 2.74. The van der Waals surface area contributed by atoms with Crippen molar-refractivity contribution in [1.82, 2.24) is 0 Å². The maximum absolute atomic E-state index is 6.10. The van der Waals surface area contributed by atoms with Crippen LogP contribution in [0.15, 0.2) is 36.4 Å². The Balaban J connectivity index is 2.34. The molecular formula is C15H15Cl2NO. The first-order valence-corrected chi connectivity index (χ1v) is 6.78. The van der Waals surface area contributed by atoms with Gasteiger partial charge in [-0.25, -0.2) is 0 Å². The van der Waals surface area contributed by atoms with Crippen LogP contribution in [0.5, 0.6) is 11.5 Å². The highest BCUT2D eigenvalue weighted by molar-refractivity contribution is 6.34. The largest absolute Gasteiger partial charge is 0.455 e. The van der Waals surface area contributed by atoms with E-state index >= 15 is 0 Å². The Labute approximate surface area is 123 Å². The first-order valence-electron chi connectivity index (χ1n) is 6.02. The minimum Gasteiger partial charge on any atom is -0.455 e. The predicted octanol–water partition coefficient (Wildman–Crippen LogP) is 4.60. The zero-order valence-electron chi connectivity index (χ0n) is 10.6. The molecule has 2 nitrogen and oxygen atoms in total. The Morgan fingerprint density at radius 1 is 1.05 bits per heavy atom. The summed E-state index contributed by atoms with van der Waals surface area (Å²) in [7, 11) is 0. The molecular weight excluding hydrogens is 281 g/mol. The number of hydrogen-bond donors (Lipinski definition) is 1. The molecule has 0 saturated carbocycles. The van der Waals surface area contributed by atoms with Crippen molar-refractivity contribution in [3.05, 3.63) is 57.6 Å². The fourth-order valence-electron chi connectivity index (χ4n) is 1.83. The molecule has 0 bridgehead atoms. The van der Waals surface area contributed by atoms with Gasteiger partial charge in [-0.05, 0) is 43.7 Å². The van der Waals surface area contributed by atoms with Crippen molar-refractivity contribution in [2.75, 3.05) is 6.54 Å². The van der Waals surface area contributed by atoms with Gasteiger partial charge in [-0.15, -0.1) is 0 Å². The van der Waals surface area contributed by atoms with Gasteiger partial charge in [-0.1, -0.05) is 40.9 Å². The second kappa shape index (κ2) is 6.29. The molecule has 0 unspecified atom stereocenters. The monoisotopic (exact) mass is 295 g/mol. The zero-order valence-corrected chi connectivity index (χ0v) is 12.1. The zero-order chi connectivity index (χ0) is 13.8. The topological polar surface area (TPSA) is 35.2 Å². The van der Waals surface area contributed by atoms with Gasteiger partial charge in [0.2, 0.25) is 0 Å². The van der Waals surface area contributed by atoms with Gasteiger partial charge in [0.05, 0.1) is 5.02 Å². The first-order chi connectivity index (χ1) is 9.10. The number of nitrogens with two attached hydrogens (primary N) is 1. The van der Waals surface area contributed by atoms with Gasteiger partial charge < -0.3 is 10.5 Å². The van der Waals surface area contributed by atoms with Gasteiger partial charge in [0.1, 0.15) is 11.5 Å². The summed E-state index contributed by atoms with van der Waals surface area (Å²) in [5.74, 6) is 1.32. The van der Waals surface area contributed by atoms with Crippen LogP contribution in [0.1, 0.15) is 11.1 Å². The van der Waals surface area contributed by atoms with E-state index in [4.69, 9.17) is 33.7 Å². The summed E-state index contributed by atoms with van der Waals surface area (Å²) in [6.45, 7) is 2.61. The average molecular weight is 296 g/mol. The van der Waals surface area contributed by atoms with E-state index < -0.39 is 0 Å². The van der Waals surface area contributed by atoms with E-state index in [1.165, 1.54) is 5.56 Å². The molecule has 0 heterocycles. The minimum absolute atomic E-state index is 0.531. The summed E-state index contributed by atoms with van der Waals surface area (Å²) in [5.41, 5.74) is 7.87. The molecule has 0 aliphatic heterocycles. The number of rotatable bonds is 4. The molecule has 0 aliphatic carbocycles. The number of hydrogen-bond acceptors (Lipinski definition) is 2. The van der Waals surface area contributed by atoms with Crippen LogP contribution in [0.25, 0.3) is 0 Å². The van der Waals surface area contributed by atoms with E-state index in [1.54, 1.807) is 18.2 Å². The van der Waals surface area contributed by atoms with Gasteiger partial charge in [0.15, 0.2) is 0 Å². The maximum atomic E-state index is 6.10. The molecule has 0 amide bonds. The van der Waals surface area contributed by atoms with Crippen LogP contribution in [0.4, 0.5) is 0 Å². The SMILES string of the molecule is Cc1ccc(Oc2cc(Cl)ccc2Cl)c(CCN)c1. The Morgan fingerprint density at radius 3 is 2.58 bits per heavy atom. The standard InChI is InChI=1S/C15H15Cl2NO/c1-10-2-5-14(11(8-10)6-7-18)19-15-9-12(16)3-4-13(15)17/h2-5,8-9H,6-7,18H2,1H3. The van der Waals surface area contributed by atoms with Crippen molar-refractivity contribution >= 4 is 23.2 Å². The van der Waals surface area contributed by atoms with Crippen LogP contribution >= 0.6 is 23.2 Å². The fraction of sp³-hybridized carbons (Fsp3) is 0.200. The molecule has 0 saturated heterocycles. The van der Waals surface area contributed by atoms with Crippen LogP contribution in [-0.4, -0.2) is 6.54 Å². The molecule has 2 aromatic rings. The third kappa shape index (κ3) is 3.63. The maximum Gasteiger partial charge on any atom is 0.147 e. The van der Waals surface area contributed by atoms with Crippen LogP contribution in [-0.2, 0) is 6.42 Å². The molecule has 0 atom stereocenters. The van der Waals surface area contributed by atoms with E-state index in [1.807, 2.05) is 19.1 Å². The molecule has 0 aromatic heterocycles. The van der Waals surface area contributed by atoms with Gasteiger partial charge >= 0.3 is 0 Å². The predicted molar refractivity (Wildman–Crippen MR) is 80.5 cm³/mol. The van der Waals surface area contributed by atoms with Gasteiger partial charge in [0, 0.05) is 11.1 Å². The molecule has 2 N–H and O–H groups in total. The van der Waals surface area contributed by atoms with Crippen molar-refractivity contribution in [3.8, 4) is 11.5 Å². The molecule has 2 rings (SSSR count). The second-order valence-corrected chi connectivity index (χ2v) is 5.17. The van der Waals surface area contributed by atoms with Crippen LogP contribution in [0, 0.1) is 6.92 Å². The van der Waals surface area contributed by atoms with Gasteiger partial charge in [-0.3, -0.25) is 0 Å². The van der Waals surface area contributed by atoms with Gasteiger partial charge in [0.25, 0.3) is 0 Å². The van der Waals surface area contributed by atoms with E-state index in [0.717, 1.165) is 17.7 Å². The number of benzene rings is 2. The molecule has 0 spiro atoms. The summed E-state index contributed by atoms with van der Waals surface area (Å²) >= 11 is 12.0. The van der Waals surface area contributed by atoms with Crippen molar-refractivity contribution in [2.24, 2.45) is 5.73 Å². The van der Waals surface area contributed by atoms with Crippen molar-refractivity contribution in [3.63, 3.8) is 0 Å². The molecule has 0 radical (unpaired) electrons. The summed E-state index contributed by atoms with van der Waals surface area (Å²) in [6, 6.07) is 11.1. The molecule has 19 heavy (non-hydrogen) atoms. The molecule has 100 valence electrons. The number of ether oxygens (including phenoxy) is 1. The lowest BCUT2D eigenvalue weighted by atomic mass is 10.1. The number of aryl methyl sites for hydroxylation is 1. The quantitative estimate of drug-likeness (QED) is 0.895. The van der Waals surface area contributed by atoms with Crippen LogP contribution < -0.4 is 10.5 Å². The lowest BCUT2D eigenvalue weighted by Gasteiger charge is -2.13. The van der Waals surface area contributed by atoms with E-state index in [0.29, 0.717) is 22.3 Å². The summed E-state index contributed by atoms with van der Waals surface area (Å²) in [5, 5.41) is 1.12. The molecule has 4 heteroatoms. The lowest BCUT2D eigenvalue weighted by Crippen LogP contribution is -2.04. The Kier molecular flexibility index (Phi) is 4.70. The highest BCUT2D eigenvalue weighted by Gasteiger charge is 2.08. The normalized spacial score (nSPS) is 10.5. The van der Waals surface area contributed by atoms with Crippen molar-refractivity contribution in [1.29, 1.82) is 0 Å². The highest BCUT2D eigenvalue weighted by Crippen LogP contribution is 2.33. The van der Waals surface area contributed by atoms with E-state index in [9.17, 15) is 0 Å².